The average molecular weight is 374 g/mol. The molecule has 0 aliphatic carbocycles. The Morgan fingerprint density at radius 3 is 2.76 bits per heavy atom. The van der Waals surface area contributed by atoms with Crippen LogP contribution in [0.15, 0.2) is 62.9 Å². The largest absolute Gasteiger partial charge is 0.337 e. The van der Waals surface area contributed by atoms with Crippen LogP contribution in [-0.2, 0) is 4.79 Å². The summed E-state index contributed by atoms with van der Waals surface area (Å²) >= 11 is 2.23. The number of halogens is 2. The zero-order valence-electron chi connectivity index (χ0n) is 13.1. The maximum absolute atomic E-state index is 13.7. The molecule has 0 spiro atoms. The molecule has 126 valence electrons. The SMILES string of the molecule is CN1/C(=C(\C#N)C(=O)CSc2cc(F)ccc2F)Sc2ccccc21. The van der Waals surface area contributed by atoms with Gasteiger partial charge in [0.25, 0.3) is 0 Å². The molecule has 0 fully saturated rings. The summed E-state index contributed by atoms with van der Waals surface area (Å²) in [4.78, 5) is 15.3. The summed E-state index contributed by atoms with van der Waals surface area (Å²) in [6.07, 6.45) is 0. The molecule has 0 amide bonds. The van der Waals surface area contributed by atoms with E-state index in [0.29, 0.717) is 5.03 Å². The van der Waals surface area contributed by atoms with E-state index in [1.807, 2.05) is 30.3 Å². The second-order valence-electron chi connectivity index (χ2n) is 5.21. The van der Waals surface area contributed by atoms with Gasteiger partial charge in [0.15, 0.2) is 5.78 Å². The number of ketones is 1. The van der Waals surface area contributed by atoms with E-state index in [4.69, 9.17) is 0 Å². The van der Waals surface area contributed by atoms with Crippen LogP contribution in [-0.4, -0.2) is 18.6 Å². The van der Waals surface area contributed by atoms with Crippen molar-refractivity contribution < 1.29 is 13.6 Å². The molecule has 0 unspecified atom stereocenters. The molecule has 3 nitrogen and oxygen atoms in total. The van der Waals surface area contributed by atoms with E-state index < -0.39 is 17.4 Å². The summed E-state index contributed by atoms with van der Waals surface area (Å²) in [6.45, 7) is 0. The number of fused-ring (bicyclic) bond motifs is 1. The number of carbonyl (C=O) groups excluding carboxylic acids is 1. The van der Waals surface area contributed by atoms with Gasteiger partial charge in [-0.1, -0.05) is 23.9 Å². The number of carbonyl (C=O) groups is 1. The first-order valence-electron chi connectivity index (χ1n) is 7.27. The molecule has 0 saturated heterocycles. The summed E-state index contributed by atoms with van der Waals surface area (Å²) in [5.41, 5.74) is 0.944. The van der Waals surface area contributed by atoms with Crippen molar-refractivity contribution in [3.05, 3.63) is 64.7 Å². The monoisotopic (exact) mass is 374 g/mol. The Hall–Kier alpha value is -2.30. The first kappa shape index (κ1) is 17.5. The maximum Gasteiger partial charge on any atom is 0.186 e. The van der Waals surface area contributed by atoms with Gasteiger partial charge in [0.05, 0.1) is 11.4 Å². The molecule has 0 saturated carbocycles. The van der Waals surface area contributed by atoms with Crippen LogP contribution in [0.2, 0.25) is 0 Å². The van der Waals surface area contributed by atoms with Crippen molar-refractivity contribution in [2.24, 2.45) is 0 Å². The molecule has 1 aliphatic heterocycles. The standard InChI is InChI=1S/C18H12F2N2OS2/c1-22-14-4-2-3-5-16(14)25-18(22)12(9-21)15(23)10-24-17-8-11(19)6-7-13(17)20/h2-8H,10H2,1H3/b18-12-. The Balaban J connectivity index is 1.81. The van der Waals surface area contributed by atoms with Crippen molar-refractivity contribution >= 4 is 35.0 Å². The van der Waals surface area contributed by atoms with Gasteiger partial charge in [0, 0.05) is 16.8 Å². The summed E-state index contributed by atoms with van der Waals surface area (Å²) in [5.74, 6) is -1.72. The minimum Gasteiger partial charge on any atom is -0.337 e. The predicted octanol–water partition coefficient (Wildman–Crippen LogP) is 4.60. The fraction of sp³-hybridized carbons (Fsp3) is 0.111. The van der Waals surface area contributed by atoms with E-state index in [2.05, 4.69) is 0 Å². The van der Waals surface area contributed by atoms with Gasteiger partial charge in [-0.05, 0) is 30.3 Å². The molecule has 0 bridgehead atoms. The van der Waals surface area contributed by atoms with Crippen LogP contribution in [0.1, 0.15) is 0 Å². The molecule has 0 N–H and O–H groups in total. The van der Waals surface area contributed by atoms with E-state index >= 15 is 0 Å². The third-order valence-corrected chi connectivity index (χ3v) is 5.86. The van der Waals surface area contributed by atoms with Crippen LogP contribution >= 0.6 is 23.5 Å². The van der Waals surface area contributed by atoms with E-state index in [1.165, 1.54) is 11.8 Å². The lowest BCUT2D eigenvalue weighted by molar-refractivity contribution is -0.112. The summed E-state index contributed by atoms with van der Waals surface area (Å²) < 4.78 is 26.9. The normalized spacial score (nSPS) is 14.9. The lowest BCUT2D eigenvalue weighted by Crippen LogP contribution is -2.16. The molecule has 2 aromatic rings. The lowest BCUT2D eigenvalue weighted by atomic mass is 10.2. The van der Waals surface area contributed by atoms with Crippen molar-refractivity contribution in [2.75, 3.05) is 17.7 Å². The summed E-state index contributed by atoms with van der Waals surface area (Å²) in [7, 11) is 1.79. The number of benzene rings is 2. The van der Waals surface area contributed by atoms with Gasteiger partial charge >= 0.3 is 0 Å². The number of rotatable bonds is 4. The van der Waals surface area contributed by atoms with E-state index in [9.17, 15) is 18.8 Å². The third kappa shape index (κ3) is 3.55. The van der Waals surface area contributed by atoms with E-state index in [1.54, 1.807) is 11.9 Å². The minimum atomic E-state index is -0.592. The van der Waals surface area contributed by atoms with Crippen molar-refractivity contribution in [3.63, 3.8) is 0 Å². The second-order valence-corrected chi connectivity index (χ2v) is 7.26. The number of Topliss-reactive ketones (excluding diaryl/α,β-unsaturated/α-hetero) is 1. The molecule has 7 heteroatoms. The van der Waals surface area contributed by atoms with Gasteiger partial charge < -0.3 is 4.90 Å². The highest BCUT2D eigenvalue weighted by Crippen LogP contribution is 2.46. The molecule has 1 heterocycles. The molecule has 0 aromatic heterocycles. The number of nitrogens with zero attached hydrogens (tertiary/aromatic N) is 2. The Morgan fingerprint density at radius 1 is 1.28 bits per heavy atom. The van der Waals surface area contributed by atoms with Gasteiger partial charge in [0.1, 0.15) is 28.3 Å². The molecule has 25 heavy (non-hydrogen) atoms. The van der Waals surface area contributed by atoms with Gasteiger partial charge in [-0.3, -0.25) is 4.79 Å². The molecular weight excluding hydrogens is 362 g/mol. The van der Waals surface area contributed by atoms with Crippen LogP contribution < -0.4 is 4.90 Å². The number of hydrogen-bond acceptors (Lipinski definition) is 5. The fourth-order valence-corrected chi connectivity index (χ4v) is 4.35. The molecule has 0 atom stereocenters. The minimum absolute atomic E-state index is 0.0213. The topological polar surface area (TPSA) is 44.1 Å². The van der Waals surface area contributed by atoms with Crippen molar-refractivity contribution in [1.82, 2.24) is 0 Å². The van der Waals surface area contributed by atoms with Crippen LogP contribution in [0, 0.1) is 23.0 Å². The third-order valence-electron chi connectivity index (χ3n) is 3.59. The van der Waals surface area contributed by atoms with E-state index in [-0.39, 0.29) is 16.2 Å². The maximum atomic E-state index is 13.7. The fourth-order valence-electron chi connectivity index (χ4n) is 2.35. The number of para-hydroxylation sites is 1. The number of anilines is 1. The van der Waals surface area contributed by atoms with Crippen molar-refractivity contribution in [1.29, 1.82) is 5.26 Å². The molecule has 0 radical (unpaired) electrons. The smallest absolute Gasteiger partial charge is 0.186 e. The highest BCUT2D eigenvalue weighted by atomic mass is 32.2. The van der Waals surface area contributed by atoms with Crippen molar-refractivity contribution in [2.45, 2.75) is 9.79 Å². The van der Waals surface area contributed by atoms with Crippen LogP contribution in [0.5, 0.6) is 0 Å². The quantitative estimate of drug-likeness (QED) is 0.444. The van der Waals surface area contributed by atoms with E-state index in [0.717, 1.165) is 40.5 Å². The summed E-state index contributed by atoms with van der Waals surface area (Å²) in [5, 5.41) is 9.99. The van der Waals surface area contributed by atoms with Gasteiger partial charge in [-0.15, -0.1) is 11.8 Å². The average Bonchev–Trinajstić information content (AvgIpc) is 2.93. The molecule has 2 aromatic carbocycles. The number of thioether (sulfide) groups is 2. The molecule has 3 rings (SSSR count). The predicted molar refractivity (Wildman–Crippen MR) is 95.4 cm³/mol. The summed E-state index contributed by atoms with van der Waals surface area (Å²) in [6, 6.07) is 12.6. The number of allylic oxidation sites excluding steroid dienone is 1. The first-order valence-corrected chi connectivity index (χ1v) is 9.07. The number of hydrogen-bond donors (Lipinski definition) is 0. The highest BCUT2D eigenvalue weighted by Gasteiger charge is 2.27. The lowest BCUT2D eigenvalue weighted by Gasteiger charge is -2.14. The highest BCUT2D eigenvalue weighted by molar-refractivity contribution is 8.03. The zero-order valence-corrected chi connectivity index (χ0v) is 14.8. The van der Waals surface area contributed by atoms with Gasteiger partial charge in [-0.25, -0.2) is 8.78 Å². The van der Waals surface area contributed by atoms with Crippen LogP contribution in [0.4, 0.5) is 14.5 Å². The number of nitriles is 1. The first-order chi connectivity index (χ1) is 12.0. The van der Waals surface area contributed by atoms with Gasteiger partial charge in [0.2, 0.25) is 0 Å². The Bertz CT molecular complexity index is 922. The Kier molecular flexibility index (Phi) is 5.11. The van der Waals surface area contributed by atoms with Crippen molar-refractivity contribution in [3.8, 4) is 6.07 Å². The Morgan fingerprint density at radius 2 is 2.04 bits per heavy atom. The Labute approximate surface area is 152 Å². The molecular formula is C18H12F2N2OS2. The van der Waals surface area contributed by atoms with Crippen LogP contribution in [0.25, 0.3) is 0 Å². The van der Waals surface area contributed by atoms with Gasteiger partial charge in [-0.2, -0.15) is 5.26 Å². The molecule has 1 aliphatic rings. The zero-order chi connectivity index (χ0) is 18.0. The van der Waals surface area contributed by atoms with Crippen LogP contribution in [0.3, 0.4) is 0 Å². The second kappa shape index (κ2) is 7.30.